The molecule has 0 unspecified atom stereocenters. The van der Waals surface area contributed by atoms with Crippen molar-refractivity contribution in [3.63, 3.8) is 0 Å². The van der Waals surface area contributed by atoms with Crippen molar-refractivity contribution in [2.24, 2.45) is 11.7 Å². The third-order valence-corrected chi connectivity index (χ3v) is 4.23. The number of aliphatic hydroxyl groups excluding tert-OH is 1. The van der Waals surface area contributed by atoms with Crippen molar-refractivity contribution in [1.29, 1.82) is 0 Å². The number of carboxylic acid groups (broad SMARTS) is 1. The lowest BCUT2D eigenvalue weighted by atomic mass is 10.0. The first-order chi connectivity index (χ1) is 12.0. The highest BCUT2D eigenvalue weighted by Gasteiger charge is 2.35. The third-order valence-electron chi connectivity index (χ3n) is 4.23. The summed E-state index contributed by atoms with van der Waals surface area (Å²) in [5, 5.41) is 17.4. The highest BCUT2D eigenvalue weighted by Crippen LogP contribution is 2.37. The second-order valence-corrected chi connectivity index (χ2v) is 6.14. The van der Waals surface area contributed by atoms with E-state index in [-0.39, 0.29) is 0 Å². The molecule has 0 aromatic heterocycles. The molecule has 0 bridgehead atoms. The van der Waals surface area contributed by atoms with Gasteiger partial charge in [-0.1, -0.05) is 79.2 Å². The number of hydrogen-bond donors (Lipinski definition) is 3. The Morgan fingerprint density at radius 1 is 1.16 bits per heavy atom. The van der Waals surface area contributed by atoms with E-state index < -0.39 is 12.1 Å². The zero-order valence-corrected chi connectivity index (χ0v) is 14.4. The molecule has 0 aliphatic heterocycles. The van der Waals surface area contributed by atoms with E-state index in [1.54, 1.807) is 30.3 Å². The van der Waals surface area contributed by atoms with Crippen molar-refractivity contribution in [2.45, 2.75) is 31.9 Å². The molecule has 1 saturated carbocycles. The maximum absolute atomic E-state index is 10.2. The molecule has 0 spiro atoms. The first kappa shape index (κ1) is 18.9. The standard InChI is InChI=1S/C13H17N.C8H8O3/c1-2-11(12-9-13(12)14)8-10-6-4-3-5-7-10;9-7(8(10)11)6-4-2-1-3-5-6/h3-8,12-13H,2,9,14H2,1H3;1-5,7,9H,(H,10,11)/b11-8+;/t12-,13+;7-/m00/s1. The fraction of sp³-hybridized carbons (Fsp3) is 0.286. The molecule has 0 saturated heterocycles. The fourth-order valence-electron chi connectivity index (χ4n) is 2.65. The first-order valence-corrected chi connectivity index (χ1v) is 8.49. The van der Waals surface area contributed by atoms with Crippen molar-refractivity contribution in [1.82, 2.24) is 0 Å². The van der Waals surface area contributed by atoms with E-state index in [4.69, 9.17) is 15.9 Å². The number of nitrogens with two attached hydrogens (primary N) is 1. The largest absolute Gasteiger partial charge is 0.479 e. The van der Waals surface area contributed by atoms with Gasteiger partial charge in [0.2, 0.25) is 0 Å². The van der Waals surface area contributed by atoms with Crippen LogP contribution in [0.15, 0.2) is 66.2 Å². The second kappa shape index (κ2) is 9.16. The number of aliphatic carboxylic acids is 1. The van der Waals surface area contributed by atoms with Crippen molar-refractivity contribution in [2.75, 3.05) is 0 Å². The lowest BCUT2D eigenvalue weighted by Gasteiger charge is -2.03. The lowest BCUT2D eigenvalue weighted by molar-refractivity contribution is -0.146. The highest BCUT2D eigenvalue weighted by molar-refractivity contribution is 5.73. The SMILES string of the molecule is CC/C(=C\c1ccccc1)[C@@H]1C[C@H]1N.O=C(O)[C@@H](O)c1ccccc1. The third kappa shape index (κ3) is 5.85. The quantitative estimate of drug-likeness (QED) is 0.777. The van der Waals surface area contributed by atoms with Gasteiger partial charge in [-0.3, -0.25) is 0 Å². The van der Waals surface area contributed by atoms with Gasteiger partial charge in [0, 0.05) is 6.04 Å². The van der Waals surface area contributed by atoms with Crippen LogP contribution in [-0.4, -0.2) is 22.2 Å². The number of carboxylic acids is 1. The summed E-state index contributed by atoms with van der Waals surface area (Å²) in [6.45, 7) is 2.21. The number of rotatable bonds is 5. The number of carbonyl (C=O) groups is 1. The van der Waals surface area contributed by atoms with E-state index in [9.17, 15) is 4.79 Å². The van der Waals surface area contributed by atoms with Crippen molar-refractivity contribution in [3.05, 3.63) is 77.4 Å². The monoisotopic (exact) mass is 339 g/mol. The van der Waals surface area contributed by atoms with Crippen LogP contribution in [0.25, 0.3) is 6.08 Å². The molecule has 1 aliphatic carbocycles. The summed E-state index contributed by atoms with van der Waals surface area (Å²) in [5.41, 5.74) is 9.06. The Morgan fingerprint density at radius 2 is 1.68 bits per heavy atom. The van der Waals surface area contributed by atoms with Gasteiger partial charge >= 0.3 is 5.97 Å². The van der Waals surface area contributed by atoms with E-state index in [0.717, 1.165) is 6.42 Å². The molecular formula is C21H25NO3. The molecule has 2 aromatic rings. The van der Waals surface area contributed by atoms with Crippen LogP contribution in [0.3, 0.4) is 0 Å². The molecule has 4 nitrogen and oxygen atoms in total. The van der Waals surface area contributed by atoms with E-state index in [1.807, 2.05) is 6.07 Å². The van der Waals surface area contributed by atoms with Crippen LogP contribution in [-0.2, 0) is 4.79 Å². The summed E-state index contributed by atoms with van der Waals surface area (Å²) in [7, 11) is 0. The smallest absolute Gasteiger partial charge is 0.337 e. The zero-order chi connectivity index (χ0) is 18.2. The topological polar surface area (TPSA) is 83.6 Å². The molecule has 3 atom stereocenters. The van der Waals surface area contributed by atoms with Gasteiger partial charge in [-0.25, -0.2) is 4.79 Å². The van der Waals surface area contributed by atoms with Gasteiger partial charge in [-0.05, 0) is 29.9 Å². The summed E-state index contributed by atoms with van der Waals surface area (Å²) in [6.07, 6.45) is 3.17. The fourth-order valence-corrected chi connectivity index (χ4v) is 2.65. The Hall–Kier alpha value is -2.43. The van der Waals surface area contributed by atoms with Crippen LogP contribution in [0.5, 0.6) is 0 Å². The molecule has 132 valence electrons. The molecule has 3 rings (SSSR count). The molecule has 1 fully saturated rings. The molecule has 2 aromatic carbocycles. The molecule has 1 aliphatic rings. The minimum Gasteiger partial charge on any atom is -0.479 e. The van der Waals surface area contributed by atoms with E-state index in [2.05, 4.69) is 37.3 Å². The van der Waals surface area contributed by atoms with Gasteiger partial charge in [0.15, 0.2) is 6.10 Å². The average molecular weight is 339 g/mol. The van der Waals surface area contributed by atoms with Crippen LogP contribution >= 0.6 is 0 Å². The molecule has 0 heterocycles. The molecule has 25 heavy (non-hydrogen) atoms. The summed E-state index contributed by atoms with van der Waals surface area (Å²) in [4.78, 5) is 10.2. The Morgan fingerprint density at radius 3 is 2.12 bits per heavy atom. The maximum Gasteiger partial charge on any atom is 0.337 e. The van der Waals surface area contributed by atoms with Crippen molar-refractivity contribution >= 4 is 12.0 Å². The average Bonchev–Trinajstić information content (AvgIpc) is 3.37. The maximum atomic E-state index is 10.2. The molecule has 4 heteroatoms. The first-order valence-electron chi connectivity index (χ1n) is 8.49. The van der Waals surface area contributed by atoms with Crippen LogP contribution < -0.4 is 5.73 Å². The lowest BCUT2D eigenvalue weighted by Crippen LogP contribution is -2.09. The van der Waals surface area contributed by atoms with Gasteiger partial charge < -0.3 is 15.9 Å². The molecular weight excluding hydrogens is 314 g/mol. The van der Waals surface area contributed by atoms with Gasteiger partial charge in [-0.2, -0.15) is 0 Å². The van der Waals surface area contributed by atoms with Gasteiger partial charge in [-0.15, -0.1) is 0 Å². The second-order valence-electron chi connectivity index (χ2n) is 6.14. The summed E-state index contributed by atoms with van der Waals surface area (Å²) >= 11 is 0. The normalized spacial score (nSPS) is 20.2. The Balaban J connectivity index is 0.000000186. The summed E-state index contributed by atoms with van der Waals surface area (Å²) in [5.74, 6) is -0.573. The van der Waals surface area contributed by atoms with E-state index >= 15 is 0 Å². The molecule has 4 N–H and O–H groups in total. The van der Waals surface area contributed by atoms with E-state index in [0.29, 0.717) is 17.5 Å². The van der Waals surface area contributed by atoms with Crippen molar-refractivity contribution in [3.8, 4) is 0 Å². The minimum absolute atomic E-state index is 0.403. The van der Waals surface area contributed by atoms with Crippen LogP contribution in [0.4, 0.5) is 0 Å². The summed E-state index contributed by atoms with van der Waals surface area (Å²) < 4.78 is 0. The molecule has 0 radical (unpaired) electrons. The Labute approximate surface area is 148 Å². The summed E-state index contributed by atoms with van der Waals surface area (Å²) in [6, 6.07) is 19.2. The van der Waals surface area contributed by atoms with Crippen LogP contribution in [0.2, 0.25) is 0 Å². The van der Waals surface area contributed by atoms with E-state index in [1.165, 1.54) is 17.6 Å². The number of aliphatic hydroxyl groups is 1. The van der Waals surface area contributed by atoms with Crippen LogP contribution in [0.1, 0.15) is 37.0 Å². The zero-order valence-electron chi connectivity index (χ0n) is 14.4. The van der Waals surface area contributed by atoms with Gasteiger partial charge in [0.05, 0.1) is 0 Å². The van der Waals surface area contributed by atoms with Crippen molar-refractivity contribution < 1.29 is 15.0 Å². The predicted octanol–water partition coefficient (Wildman–Crippen LogP) is 3.63. The molecule has 0 amide bonds. The number of benzene rings is 2. The Bertz CT molecular complexity index is 698. The van der Waals surface area contributed by atoms with Crippen LogP contribution in [0, 0.1) is 5.92 Å². The minimum atomic E-state index is -1.41. The Kier molecular flexibility index (Phi) is 6.92. The van der Waals surface area contributed by atoms with Gasteiger partial charge in [0.1, 0.15) is 0 Å². The van der Waals surface area contributed by atoms with Gasteiger partial charge in [0.25, 0.3) is 0 Å². The highest BCUT2D eigenvalue weighted by atomic mass is 16.4. The number of hydrogen-bond acceptors (Lipinski definition) is 3. The predicted molar refractivity (Wildman–Crippen MR) is 99.8 cm³/mol.